The van der Waals surface area contributed by atoms with Gasteiger partial charge in [0.2, 0.25) is 0 Å². The number of hydrogen-bond donors (Lipinski definition) is 1. The van der Waals surface area contributed by atoms with Crippen LogP contribution in [0, 0.1) is 18.8 Å². The van der Waals surface area contributed by atoms with E-state index >= 15 is 0 Å². The van der Waals surface area contributed by atoms with Gasteiger partial charge in [-0.1, -0.05) is 0 Å². The quantitative estimate of drug-likeness (QED) is 0.889. The van der Waals surface area contributed by atoms with E-state index in [1.807, 2.05) is 0 Å². The molecule has 2 aromatic heterocycles. The fourth-order valence-electron chi connectivity index (χ4n) is 3.93. The van der Waals surface area contributed by atoms with Gasteiger partial charge in [-0.15, -0.1) is 15.3 Å². The third-order valence-corrected chi connectivity index (χ3v) is 5.30. The third kappa shape index (κ3) is 2.79. The Morgan fingerprint density at radius 2 is 2.13 bits per heavy atom. The van der Waals surface area contributed by atoms with Gasteiger partial charge in [-0.3, -0.25) is 0 Å². The van der Waals surface area contributed by atoms with Gasteiger partial charge in [-0.2, -0.15) is 4.52 Å². The molecule has 2 fully saturated rings. The number of likely N-dealkylation sites (tertiary alicyclic amines) is 1. The molecule has 23 heavy (non-hydrogen) atoms. The normalized spacial score (nSPS) is 23.4. The first-order valence-electron chi connectivity index (χ1n) is 8.50. The smallest absolute Gasteiger partial charge is 0.180 e. The number of aromatic nitrogens is 4. The number of hydrogen-bond acceptors (Lipinski definition) is 6. The van der Waals surface area contributed by atoms with Crippen molar-refractivity contribution in [1.29, 1.82) is 0 Å². The molecule has 2 saturated heterocycles. The summed E-state index contributed by atoms with van der Waals surface area (Å²) in [6.07, 6.45) is 4.24. The van der Waals surface area contributed by atoms with Crippen LogP contribution in [-0.2, 0) is 0 Å². The summed E-state index contributed by atoms with van der Waals surface area (Å²) in [5.74, 6) is 2.52. The lowest BCUT2D eigenvalue weighted by atomic mass is 9.80. The van der Waals surface area contributed by atoms with Crippen molar-refractivity contribution in [3.63, 3.8) is 0 Å². The van der Waals surface area contributed by atoms with Gasteiger partial charge < -0.3 is 14.9 Å². The van der Waals surface area contributed by atoms with E-state index < -0.39 is 0 Å². The maximum absolute atomic E-state index is 9.13. The molecule has 2 aliphatic heterocycles. The Hall–Kier alpha value is -1.73. The number of aryl methyl sites for hydroxylation is 1. The molecule has 4 heterocycles. The van der Waals surface area contributed by atoms with Crippen LogP contribution in [0.15, 0.2) is 12.4 Å². The second kappa shape index (κ2) is 6.05. The zero-order valence-electron chi connectivity index (χ0n) is 13.6. The van der Waals surface area contributed by atoms with Gasteiger partial charge in [0, 0.05) is 26.2 Å². The molecule has 0 spiro atoms. The van der Waals surface area contributed by atoms with E-state index in [0.717, 1.165) is 61.6 Å². The monoisotopic (exact) mass is 316 g/mol. The van der Waals surface area contributed by atoms with Crippen LogP contribution in [0.3, 0.4) is 0 Å². The largest absolute Gasteiger partial charge is 0.395 e. The summed E-state index contributed by atoms with van der Waals surface area (Å²) in [5.41, 5.74) is 1.94. The summed E-state index contributed by atoms with van der Waals surface area (Å²) in [5, 5.41) is 21.8. The van der Waals surface area contributed by atoms with E-state index in [1.54, 1.807) is 10.8 Å². The van der Waals surface area contributed by atoms with Crippen molar-refractivity contribution >= 4 is 11.5 Å². The Labute approximate surface area is 135 Å². The molecule has 0 aliphatic carbocycles. The van der Waals surface area contributed by atoms with Crippen LogP contribution in [-0.4, -0.2) is 69.1 Å². The molecule has 2 aromatic rings. The van der Waals surface area contributed by atoms with Crippen LogP contribution in [0.5, 0.6) is 0 Å². The van der Waals surface area contributed by atoms with Crippen molar-refractivity contribution in [2.75, 3.05) is 44.2 Å². The van der Waals surface area contributed by atoms with Gasteiger partial charge in [0.25, 0.3) is 0 Å². The Morgan fingerprint density at radius 3 is 2.96 bits per heavy atom. The first kappa shape index (κ1) is 14.8. The van der Waals surface area contributed by atoms with Gasteiger partial charge in [0.1, 0.15) is 12.1 Å². The van der Waals surface area contributed by atoms with Crippen molar-refractivity contribution in [2.24, 2.45) is 11.8 Å². The number of aliphatic hydroxyl groups is 1. The highest BCUT2D eigenvalue weighted by molar-refractivity contribution is 5.53. The topological polar surface area (TPSA) is 69.8 Å². The summed E-state index contributed by atoms with van der Waals surface area (Å²) in [6.45, 7) is 7.58. The Bertz CT molecular complexity index is 678. The highest BCUT2D eigenvalue weighted by Crippen LogP contribution is 2.33. The first-order valence-corrected chi connectivity index (χ1v) is 8.50. The molecule has 0 aromatic carbocycles. The van der Waals surface area contributed by atoms with Crippen LogP contribution in [0.4, 0.5) is 5.82 Å². The Balaban J connectivity index is 1.40. The van der Waals surface area contributed by atoms with Gasteiger partial charge >= 0.3 is 0 Å². The van der Waals surface area contributed by atoms with Gasteiger partial charge in [0.15, 0.2) is 5.65 Å². The predicted molar refractivity (Wildman–Crippen MR) is 87.5 cm³/mol. The van der Waals surface area contributed by atoms with Crippen LogP contribution in [0.25, 0.3) is 5.65 Å². The van der Waals surface area contributed by atoms with Crippen LogP contribution in [0.1, 0.15) is 18.4 Å². The number of piperidine rings is 1. The molecule has 4 rings (SSSR count). The lowest BCUT2D eigenvalue weighted by Crippen LogP contribution is -2.54. The Morgan fingerprint density at radius 1 is 1.26 bits per heavy atom. The maximum Gasteiger partial charge on any atom is 0.180 e. The zero-order chi connectivity index (χ0) is 15.8. The lowest BCUT2D eigenvalue weighted by Gasteiger charge is -2.47. The maximum atomic E-state index is 9.13. The first-order chi connectivity index (χ1) is 11.2. The molecule has 124 valence electrons. The SMILES string of the molecule is Cc1cc(N2CC([C@H]3CCCN(CCO)C3)C2)nn2cnnc12. The molecule has 7 nitrogen and oxygen atoms in total. The number of rotatable bonds is 4. The average Bonchev–Trinajstić information content (AvgIpc) is 2.96. The van der Waals surface area contributed by atoms with Crippen LogP contribution >= 0.6 is 0 Å². The second-order valence-electron chi connectivity index (χ2n) is 6.88. The van der Waals surface area contributed by atoms with E-state index in [2.05, 4.69) is 38.1 Å². The summed E-state index contributed by atoms with van der Waals surface area (Å²) < 4.78 is 1.77. The number of β-amino-alcohol motifs (C(OH)–C–C–N with tert-alkyl or cyclic N) is 1. The average molecular weight is 316 g/mol. The van der Waals surface area contributed by atoms with Crippen LogP contribution < -0.4 is 4.90 Å². The van der Waals surface area contributed by atoms with Gasteiger partial charge in [0.05, 0.1) is 6.61 Å². The molecule has 2 aliphatic rings. The van der Waals surface area contributed by atoms with E-state index in [4.69, 9.17) is 5.11 Å². The molecule has 7 heteroatoms. The molecule has 0 unspecified atom stereocenters. The van der Waals surface area contributed by atoms with Crippen molar-refractivity contribution in [2.45, 2.75) is 19.8 Å². The molecule has 0 bridgehead atoms. The van der Waals surface area contributed by atoms with E-state index in [9.17, 15) is 0 Å². The predicted octanol–water partition coefficient (Wildman–Crippen LogP) is 0.573. The highest BCUT2D eigenvalue weighted by atomic mass is 16.3. The molecular formula is C16H24N6O. The van der Waals surface area contributed by atoms with E-state index in [-0.39, 0.29) is 6.61 Å². The molecule has 0 radical (unpaired) electrons. The summed E-state index contributed by atoms with van der Waals surface area (Å²) >= 11 is 0. The molecule has 0 saturated carbocycles. The van der Waals surface area contributed by atoms with Gasteiger partial charge in [-0.05, 0) is 49.8 Å². The third-order valence-electron chi connectivity index (χ3n) is 5.30. The number of fused-ring (bicyclic) bond motifs is 1. The van der Waals surface area contributed by atoms with Crippen molar-refractivity contribution in [3.8, 4) is 0 Å². The molecule has 0 amide bonds. The summed E-state index contributed by atoms with van der Waals surface area (Å²) in [4.78, 5) is 4.75. The van der Waals surface area contributed by atoms with E-state index in [0.29, 0.717) is 0 Å². The summed E-state index contributed by atoms with van der Waals surface area (Å²) in [6, 6.07) is 2.11. The van der Waals surface area contributed by atoms with E-state index in [1.165, 1.54) is 12.8 Å². The van der Waals surface area contributed by atoms with Crippen molar-refractivity contribution < 1.29 is 5.11 Å². The standard InChI is InChI=1S/C16H24N6O/c1-12-7-15(19-22-11-17-18-16(12)22)21-9-14(10-21)13-3-2-4-20(8-13)5-6-23/h7,11,13-14,23H,2-6,8-10H2,1H3/t13-/m0/s1. The minimum Gasteiger partial charge on any atom is -0.395 e. The minimum absolute atomic E-state index is 0.270. The Kier molecular flexibility index (Phi) is 3.90. The van der Waals surface area contributed by atoms with Gasteiger partial charge in [-0.25, -0.2) is 0 Å². The lowest BCUT2D eigenvalue weighted by molar-refractivity contribution is 0.101. The molecule has 1 N–H and O–H groups in total. The molecule has 1 atom stereocenters. The van der Waals surface area contributed by atoms with Crippen molar-refractivity contribution in [3.05, 3.63) is 18.0 Å². The number of nitrogens with zero attached hydrogens (tertiary/aromatic N) is 6. The summed E-state index contributed by atoms with van der Waals surface area (Å²) in [7, 11) is 0. The number of aliphatic hydroxyl groups excluding tert-OH is 1. The van der Waals surface area contributed by atoms with Crippen LogP contribution in [0.2, 0.25) is 0 Å². The zero-order valence-corrected chi connectivity index (χ0v) is 13.6. The van der Waals surface area contributed by atoms with Crippen molar-refractivity contribution in [1.82, 2.24) is 24.7 Å². The minimum atomic E-state index is 0.270. The number of anilines is 1. The fourth-order valence-corrected chi connectivity index (χ4v) is 3.93. The molecular weight excluding hydrogens is 292 g/mol. The highest BCUT2D eigenvalue weighted by Gasteiger charge is 2.36. The fraction of sp³-hybridized carbons (Fsp3) is 0.688. The second-order valence-corrected chi connectivity index (χ2v) is 6.88.